The number of hydrogen-bond acceptors (Lipinski definition) is 3. The van der Waals surface area contributed by atoms with Gasteiger partial charge in [-0.15, -0.1) is 0 Å². The molecule has 0 aromatic heterocycles. The zero-order chi connectivity index (χ0) is 13.9. The molecule has 3 nitrogen and oxygen atoms in total. The van der Waals surface area contributed by atoms with Gasteiger partial charge < -0.3 is 10.1 Å². The second-order valence-corrected chi connectivity index (χ2v) is 4.42. The van der Waals surface area contributed by atoms with E-state index in [1.54, 1.807) is 6.07 Å². The number of nitrogens with one attached hydrogen (secondary N) is 1. The van der Waals surface area contributed by atoms with Gasteiger partial charge in [0.05, 0.1) is 17.2 Å². The molecule has 0 aliphatic carbocycles. The fourth-order valence-electron chi connectivity index (χ4n) is 2.04. The molecule has 102 valence electrons. The molecule has 0 radical (unpaired) electrons. The Bertz CT molecular complexity index is 488. The van der Waals surface area contributed by atoms with Gasteiger partial charge in [0.2, 0.25) is 0 Å². The average Bonchev–Trinajstić information content (AvgIpc) is 2.88. The standard InChI is InChI=1S/C13H13F3N2O/c14-13(15,16)11-6-9(7-17)3-4-12(11)19-8-10-2-1-5-18-10/h3-4,6,10,18H,1-2,5,8H2/t10-/m0/s1. The molecule has 1 N–H and O–H groups in total. The summed E-state index contributed by atoms with van der Waals surface area (Å²) in [6, 6.07) is 5.14. The molecule has 1 saturated heterocycles. The molecule has 0 unspecified atom stereocenters. The minimum atomic E-state index is -4.52. The molecule has 6 heteroatoms. The quantitative estimate of drug-likeness (QED) is 0.918. The van der Waals surface area contributed by atoms with Gasteiger partial charge in [-0.2, -0.15) is 18.4 Å². The monoisotopic (exact) mass is 270 g/mol. The number of ether oxygens (including phenoxy) is 1. The lowest BCUT2D eigenvalue weighted by atomic mass is 10.1. The minimum absolute atomic E-state index is 0.0290. The van der Waals surface area contributed by atoms with Crippen molar-refractivity contribution in [3.8, 4) is 11.8 Å². The predicted molar refractivity (Wildman–Crippen MR) is 62.7 cm³/mol. The zero-order valence-corrected chi connectivity index (χ0v) is 10.1. The second kappa shape index (κ2) is 5.49. The molecule has 2 rings (SSSR count). The van der Waals surface area contributed by atoms with Crippen LogP contribution in [0.25, 0.3) is 0 Å². The zero-order valence-electron chi connectivity index (χ0n) is 10.1. The number of hydrogen-bond donors (Lipinski definition) is 1. The molecule has 0 saturated carbocycles. The van der Waals surface area contributed by atoms with Crippen molar-refractivity contribution in [3.63, 3.8) is 0 Å². The lowest BCUT2D eigenvalue weighted by Crippen LogP contribution is -2.28. The van der Waals surface area contributed by atoms with E-state index in [0.717, 1.165) is 25.5 Å². The molecule has 1 aliphatic heterocycles. The van der Waals surface area contributed by atoms with Gasteiger partial charge >= 0.3 is 6.18 Å². The van der Waals surface area contributed by atoms with E-state index in [2.05, 4.69) is 5.32 Å². The highest BCUT2D eigenvalue weighted by Gasteiger charge is 2.35. The molecule has 1 atom stereocenters. The lowest BCUT2D eigenvalue weighted by Gasteiger charge is -2.16. The Morgan fingerprint density at radius 1 is 1.42 bits per heavy atom. The Kier molecular flexibility index (Phi) is 3.96. The summed E-state index contributed by atoms with van der Waals surface area (Å²) in [4.78, 5) is 0. The Labute approximate surface area is 109 Å². The normalized spacial score (nSPS) is 19.2. The third-order valence-corrected chi connectivity index (χ3v) is 3.02. The van der Waals surface area contributed by atoms with Crippen LogP contribution in [0.2, 0.25) is 0 Å². The first-order chi connectivity index (χ1) is 9.00. The Morgan fingerprint density at radius 3 is 2.79 bits per heavy atom. The van der Waals surface area contributed by atoms with Crippen molar-refractivity contribution in [3.05, 3.63) is 29.3 Å². The molecule has 0 amide bonds. The molecule has 0 spiro atoms. The molecule has 0 bridgehead atoms. The van der Waals surface area contributed by atoms with Crippen LogP contribution in [0.1, 0.15) is 24.0 Å². The third-order valence-electron chi connectivity index (χ3n) is 3.02. The number of nitriles is 1. The highest BCUT2D eigenvalue weighted by Crippen LogP contribution is 2.36. The van der Waals surface area contributed by atoms with Crippen molar-refractivity contribution in [2.45, 2.75) is 25.1 Å². The van der Waals surface area contributed by atoms with Crippen LogP contribution in [-0.4, -0.2) is 19.2 Å². The molecular weight excluding hydrogens is 257 g/mol. The van der Waals surface area contributed by atoms with Crippen molar-refractivity contribution < 1.29 is 17.9 Å². The number of halogens is 3. The number of benzene rings is 1. The smallest absolute Gasteiger partial charge is 0.420 e. The van der Waals surface area contributed by atoms with Crippen molar-refractivity contribution >= 4 is 0 Å². The van der Waals surface area contributed by atoms with Gasteiger partial charge in [0.25, 0.3) is 0 Å². The first-order valence-corrected chi connectivity index (χ1v) is 5.98. The van der Waals surface area contributed by atoms with Crippen LogP contribution in [0, 0.1) is 11.3 Å². The maximum atomic E-state index is 12.9. The van der Waals surface area contributed by atoms with Crippen LogP contribution in [0.4, 0.5) is 13.2 Å². The van der Waals surface area contributed by atoms with E-state index in [-0.39, 0.29) is 24.0 Å². The van der Waals surface area contributed by atoms with E-state index in [4.69, 9.17) is 10.00 Å². The van der Waals surface area contributed by atoms with Gasteiger partial charge in [0.15, 0.2) is 0 Å². The van der Waals surface area contributed by atoms with Gasteiger partial charge in [-0.3, -0.25) is 0 Å². The van der Waals surface area contributed by atoms with Crippen LogP contribution in [0.15, 0.2) is 18.2 Å². The van der Waals surface area contributed by atoms with Crippen molar-refractivity contribution in [1.29, 1.82) is 5.26 Å². The van der Waals surface area contributed by atoms with E-state index < -0.39 is 11.7 Å². The van der Waals surface area contributed by atoms with Crippen LogP contribution in [-0.2, 0) is 6.18 Å². The van der Waals surface area contributed by atoms with E-state index in [1.165, 1.54) is 12.1 Å². The van der Waals surface area contributed by atoms with E-state index in [9.17, 15) is 13.2 Å². The molecule has 1 aromatic rings. The molecular formula is C13H13F3N2O. The fourth-order valence-corrected chi connectivity index (χ4v) is 2.04. The molecule has 1 aliphatic rings. The SMILES string of the molecule is N#Cc1ccc(OC[C@@H]2CCCN2)c(C(F)(F)F)c1. The Hall–Kier alpha value is -1.74. The lowest BCUT2D eigenvalue weighted by molar-refractivity contribution is -0.139. The summed E-state index contributed by atoms with van der Waals surface area (Å²) in [5.41, 5.74) is -0.928. The minimum Gasteiger partial charge on any atom is -0.491 e. The summed E-state index contributed by atoms with van der Waals surface area (Å²) < 4.78 is 43.8. The summed E-state index contributed by atoms with van der Waals surface area (Å²) in [6.45, 7) is 1.07. The Morgan fingerprint density at radius 2 is 2.21 bits per heavy atom. The highest BCUT2D eigenvalue weighted by molar-refractivity contribution is 5.43. The topological polar surface area (TPSA) is 45.0 Å². The second-order valence-electron chi connectivity index (χ2n) is 4.42. The summed E-state index contributed by atoms with van der Waals surface area (Å²) in [7, 11) is 0. The first kappa shape index (κ1) is 13.7. The Balaban J connectivity index is 2.16. The fraction of sp³-hybridized carbons (Fsp3) is 0.462. The summed E-state index contributed by atoms with van der Waals surface area (Å²) in [5, 5.41) is 11.8. The van der Waals surface area contributed by atoms with E-state index in [1.807, 2.05) is 0 Å². The summed E-state index contributed by atoms with van der Waals surface area (Å²) in [5.74, 6) is -0.222. The largest absolute Gasteiger partial charge is 0.491 e. The third kappa shape index (κ3) is 3.38. The van der Waals surface area contributed by atoms with E-state index in [0.29, 0.717) is 0 Å². The molecule has 19 heavy (non-hydrogen) atoms. The average molecular weight is 270 g/mol. The maximum Gasteiger partial charge on any atom is 0.420 e. The number of rotatable bonds is 3. The predicted octanol–water partition coefficient (Wildman–Crippen LogP) is 2.71. The van der Waals surface area contributed by atoms with Crippen LogP contribution in [0.5, 0.6) is 5.75 Å². The van der Waals surface area contributed by atoms with Gasteiger partial charge in [0, 0.05) is 6.04 Å². The van der Waals surface area contributed by atoms with Crippen molar-refractivity contribution in [1.82, 2.24) is 5.32 Å². The number of alkyl halides is 3. The van der Waals surface area contributed by atoms with Crippen molar-refractivity contribution in [2.75, 3.05) is 13.2 Å². The molecule has 1 heterocycles. The maximum absolute atomic E-state index is 12.9. The molecule has 1 fully saturated rings. The van der Waals surface area contributed by atoms with Gasteiger partial charge in [-0.05, 0) is 37.6 Å². The van der Waals surface area contributed by atoms with Gasteiger partial charge in [-0.25, -0.2) is 0 Å². The van der Waals surface area contributed by atoms with Crippen LogP contribution in [0.3, 0.4) is 0 Å². The first-order valence-electron chi connectivity index (χ1n) is 5.98. The summed E-state index contributed by atoms with van der Waals surface area (Å²) in [6.07, 6.45) is -2.61. The van der Waals surface area contributed by atoms with Crippen LogP contribution >= 0.6 is 0 Å². The van der Waals surface area contributed by atoms with E-state index >= 15 is 0 Å². The van der Waals surface area contributed by atoms with Crippen LogP contribution < -0.4 is 10.1 Å². The highest BCUT2D eigenvalue weighted by atomic mass is 19.4. The van der Waals surface area contributed by atoms with Crippen molar-refractivity contribution in [2.24, 2.45) is 0 Å². The summed E-state index contributed by atoms with van der Waals surface area (Å²) >= 11 is 0. The molecule has 1 aromatic carbocycles. The number of nitrogens with zero attached hydrogens (tertiary/aromatic N) is 1. The van der Waals surface area contributed by atoms with Gasteiger partial charge in [-0.1, -0.05) is 0 Å². The van der Waals surface area contributed by atoms with Gasteiger partial charge in [0.1, 0.15) is 12.4 Å².